The lowest BCUT2D eigenvalue weighted by molar-refractivity contribution is 0.336. The van der Waals surface area contributed by atoms with Crippen molar-refractivity contribution in [1.29, 1.82) is 0 Å². The lowest BCUT2D eigenvalue weighted by atomic mass is 10.2. The Balaban J connectivity index is 2.12. The van der Waals surface area contributed by atoms with E-state index in [0.717, 1.165) is 18.8 Å². The molecule has 1 heterocycles. The van der Waals surface area contributed by atoms with Gasteiger partial charge in [-0.25, -0.2) is 4.68 Å². The Morgan fingerprint density at radius 2 is 2.24 bits per heavy atom. The summed E-state index contributed by atoms with van der Waals surface area (Å²) >= 11 is 0. The fourth-order valence-electron chi connectivity index (χ4n) is 1.83. The van der Waals surface area contributed by atoms with Gasteiger partial charge in [0, 0.05) is 32.0 Å². The molecule has 2 aromatic rings. The molecular weight excluding hydrogens is 212 g/mol. The standard InChI is InChI=1S/C13H18N4/c1-16(9-6-14)11-12-4-2-5-13(10-12)17-8-3-7-15-17/h2-5,7-8,10H,6,9,11,14H2,1H3. The molecule has 0 aliphatic heterocycles. The van der Waals surface area contributed by atoms with Gasteiger partial charge < -0.3 is 10.6 Å². The van der Waals surface area contributed by atoms with Crippen molar-refractivity contribution < 1.29 is 0 Å². The molecule has 1 aromatic carbocycles. The van der Waals surface area contributed by atoms with Crippen LogP contribution in [0.4, 0.5) is 0 Å². The largest absolute Gasteiger partial charge is 0.329 e. The molecule has 90 valence electrons. The molecule has 0 spiro atoms. The number of rotatable bonds is 5. The molecule has 0 unspecified atom stereocenters. The van der Waals surface area contributed by atoms with Gasteiger partial charge in [-0.3, -0.25) is 0 Å². The maximum atomic E-state index is 5.53. The summed E-state index contributed by atoms with van der Waals surface area (Å²) in [4.78, 5) is 2.21. The van der Waals surface area contributed by atoms with Crippen molar-refractivity contribution in [2.45, 2.75) is 6.54 Å². The van der Waals surface area contributed by atoms with Gasteiger partial charge in [0.1, 0.15) is 0 Å². The van der Waals surface area contributed by atoms with E-state index in [4.69, 9.17) is 5.73 Å². The van der Waals surface area contributed by atoms with E-state index in [1.165, 1.54) is 5.56 Å². The third-order valence-corrected chi connectivity index (χ3v) is 2.64. The first-order chi connectivity index (χ1) is 8.29. The highest BCUT2D eigenvalue weighted by Crippen LogP contribution is 2.10. The van der Waals surface area contributed by atoms with Crippen LogP contribution in [0.2, 0.25) is 0 Å². The zero-order valence-corrected chi connectivity index (χ0v) is 10.1. The molecule has 0 saturated heterocycles. The van der Waals surface area contributed by atoms with Crippen LogP contribution in [0.3, 0.4) is 0 Å². The van der Waals surface area contributed by atoms with E-state index in [-0.39, 0.29) is 0 Å². The maximum Gasteiger partial charge on any atom is 0.0648 e. The average Bonchev–Trinajstić information content (AvgIpc) is 2.83. The van der Waals surface area contributed by atoms with E-state index < -0.39 is 0 Å². The van der Waals surface area contributed by atoms with Gasteiger partial charge in [-0.2, -0.15) is 5.10 Å². The first-order valence-corrected chi connectivity index (χ1v) is 5.77. The second-order valence-electron chi connectivity index (χ2n) is 4.15. The second-order valence-corrected chi connectivity index (χ2v) is 4.15. The Morgan fingerprint density at radius 1 is 1.35 bits per heavy atom. The summed E-state index contributed by atoms with van der Waals surface area (Å²) in [5.41, 5.74) is 7.90. The minimum absolute atomic E-state index is 0.690. The monoisotopic (exact) mass is 230 g/mol. The first kappa shape index (κ1) is 11.8. The van der Waals surface area contributed by atoms with Crippen molar-refractivity contribution in [3.8, 4) is 5.69 Å². The third-order valence-electron chi connectivity index (χ3n) is 2.64. The van der Waals surface area contributed by atoms with Crippen molar-refractivity contribution in [1.82, 2.24) is 14.7 Å². The van der Waals surface area contributed by atoms with Gasteiger partial charge in [-0.15, -0.1) is 0 Å². The van der Waals surface area contributed by atoms with Crippen LogP contribution >= 0.6 is 0 Å². The van der Waals surface area contributed by atoms with Gasteiger partial charge in [0.25, 0.3) is 0 Å². The predicted octanol–water partition coefficient (Wildman–Crippen LogP) is 1.26. The lowest BCUT2D eigenvalue weighted by Crippen LogP contribution is -2.24. The minimum Gasteiger partial charge on any atom is -0.329 e. The first-order valence-electron chi connectivity index (χ1n) is 5.77. The van der Waals surface area contributed by atoms with Crippen LogP contribution in [0.25, 0.3) is 5.69 Å². The summed E-state index contributed by atoms with van der Waals surface area (Å²) in [5, 5.41) is 4.23. The number of likely N-dealkylation sites (N-methyl/N-ethyl adjacent to an activating group) is 1. The molecule has 4 heteroatoms. The second kappa shape index (κ2) is 5.61. The molecule has 2 rings (SSSR count). The molecule has 0 aliphatic carbocycles. The van der Waals surface area contributed by atoms with Gasteiger partial charge in [0.05, 0.1) is 5.69 Å². The quantitative estimate of drug-likeness (QED) is 0.841. The molecule has 17 heavy (non-hydrogen) atoms. The Bertz CT molecular complexity index is 450. The van der Waals surface area contributed by atoms with Crippen LogP contribution < -0.4 is 5.73 Å². The van der Waals surface area contributed by atoms with Gasteiger partial charge >= 0.3 is 0 Å². The minimum atomic E-state index is 0.690. The molecule has 0 aliphatic rings. The number of benzene rings is 1. The number of hydrogen-bond acceptors (Lipinski definition) is 3. The van der Waals surface area contributed by atoms with E-state index in [1.807, 2.05) is 16.9 Å². The summed E-state index contributed by atoms with van der Waals surface area (Å²) < 4.78 is 1.87. The van der Waals surface area contributed by atoms with Gasteiger partial charge in [0.15, 0.2) is 0 Å². The van der Waals surface area contributed by atoms with E-state index in [2.05, 4.69) is 41.3 Å². The smallest absolute Gasteiger partial charge is 0.0648 e. The molecule has 1 aromatic heterocycles. The summed E-state index contributed by atoms with van der Waals surface area (Å²) in [7, 11) is 2.08. The van der Waals surface area contributed by atoms with Crippen molar-refractivity contribution >= 4 is 0 Å². The molecule has 4 nitrogen and oxygen atoms in total. The molecule has 0 atom stereocenters. The summed E-state index contributed by atoms with van der Waals surface area (Å²) in [6, 6.07) is 10.3. The van der Waals surface area contributed by atoms with Crippen LogP contribution in [-0.4, -0.2) is 34.8 Å². The third kappa shape index (κ3) is 3.15. The highest BCUT2D eigenvalue weighted by molar-refractivity contribution is 5.34. The fourth-order valence-corrected chi connectivity index (χ4v) is 1.83. The van der Waals surface area contributed by atoms with Crippen molar-refractivity contribution in [3.05, 3.63) is 48.3 Å². The normalized spacial score (nSPS) is 11.0. The van der Waals surface area contributed by atoms with Crippen molar-refractivity contribution in [3.63, 3.8) is 0 Å². The molecule has 2 N–H and O–H groups in total. The van der Waals surface area contributed by atoms with E-state index in [0.29, 0.717) is 6.54 Å². The van der Waals surface area contributed by atoms with Crippen LogP contribution in [-0.2, 0) is 6.54 Å². The zero-order chi connectivity index (χ0) is 12.1. The average molecular weight is 230 g/mol. The van der Waals surface area contributed by atoms with Crippen LogP contribution in [0.15, 0.2) is 42.7 Å². The van der Waals surface area contributed by atoms with Crippen LogP contribution in [0.1, 0.15) is 5.56 Å². The Hall–Kier alpha value is -1.65. The predicted molar refractivity (Wildman–Crippen MR) is 69.0 cm³/mol. The SMILES string of the molecule is CN(CCN)Cc1cccc(-n2cccn2)c1. The van der Waals surface area contributed by atoms with Gasteiger partial charge in [-0.05, 0) is 30.8 Å². The summed E-state index contributed by atoms with van der Waals surface area (Å²) in [6.07, 6.45) is 3.73. The Labute approximate surface area is 102 Å². The Morgan fingerprint density at radius 3 is 2.94 bits per heavy atom. The number of nitrogens with two attached hydrogens (primary N) is 1. The molecule has 0 radical (unpaired) electrons. The molecular formula is C13H18N4. The molecule has 0 fully saturated rings. The van der Waals surface area contributed by atoms with Crippen LogP contribution in [0.5, 0.6) is 0 Å². The van der Waals surface area contributed by atoms with E-state index >= 15 is 0 Å². The Kier molecular flexibility index (Phi) is 3.90. The summed E-state index contributed by atoms with van der Waals surface area (Å²) in [6.45, 7) is 2.51. The van der Waals surface area contributed by atoms with Crippen LogP contribution in [0, 0.1) is 0 Å². The van der Waals surface area contributed by atoms with E-state index in [9.17, 15) is 0 Å². The number of aromatic nitrogens is 2. The zero-order valence-electron chi connectivity index (χ0n) is 10.1. The number of hydrogen-bond donors (Lipinski definition) is 1. The van der Waals surface area contributed by atoms with Gasteiger partial charge in [-0.1, -0.05) is 12.1 Å². The fraction of sp³-hybridized carbons (Fsp3) is 0.308. The molecule has 0 amide bonds. The highest BCUT2D eigenvalue weighted by atomic mass is 15.3. The topological polar surface area (TPSA) is 47.1 Å². The molecule has 0 bridgehead atoms. The lowest BCUT2D eigenvalue weighted by Gasteiger charge is -2.15. The van der Waals surface area contributed by atoms with Gasteiger partial charge in [0.2, 0.25) is 0 Å². The van der Waals surface area contributed by atoms with Crippen molar-refractivity contribution in [2.24, 2.45) is 5.73 Å². The molecule has 0 saturated carbocycles. The van der Waals surface area contributed by atoms with Crippen molar-refractivity contribution in [2.75, 3.05) is 20.1 Å². The highest BCUT2D eigenvalue weighted by Gasteiger charge is 2.01. The maximum absolute atomic E-state index is 5.53. The summed E-state index contributed by atoms with van der Waals surface area (Å²) in [5.74, 6) is 0. The number of nitrogens with zero attached hydrogens (tertiary/aromatic N) is 3. The van der Waals surface area contributed by atoms with E-state index in [1.54, 1.807) is 6.20 Å².